The quantitative estimate of drug-likeness (QED) is 0.278. The molecule has 2 amide bonds. The molecule has 184 valence electrons. The van der Waals surface area contributed by atoms with E-state index in [1.807, 2.05) is 6.92 Å². The van der Waals surface area contributed by atoms with Gasteiger partial charge < -0.3 is 14.8 Å². The minimum Gasteiger partial charge on any atom is -0.484 e. The Balaban J connectivity index is 1.75. The van der Waals surface area contributed by atoms with E-state index < -0.39 is 50.4 Å². The molecule has 0 bridgehead atoms. The smallest absolute Gasteiger partial charge is 0.355 e. The van der Waals surface area contributed by atoms with Gasteiger partial charge in [0.05, 0.1) is 16.6 Å². The molecule has 0 aliphatic carbocycles. The zero-order chi connectivity index (χ0) is 24.9. The molecule has 0 aromatic heterocycles. The number of β-lactam (4-membered cyclic amide) rings is 1. The molecule has 3 rings (SSSR count). The Bertz CT molecular complexity index is 1030. The molecule has 0 spiro atoms. The molecule has 1 N–H and O–H groups in total. The number of allylic oxidation sites excluding steroid dienone is 1. The highest BCUT2D eigenvalue weighted by atomic mass is 35.6. The van der Waals surface area contributed by atoms with E-state index in [4.69, 9.17) is 44.3 Å². The number of nitrogens with one attached hydrogen (secondary N) is 1. The number of halogens is 3. The van der Waals surface area contributed by atoms with Gasteiger partial charge in [0, 0.05) is 0 Å². The topological polar surface area (TPSA) is 102 Å². The van der Waals surface area contributed by atoms with Gasteiger partial charge in [-0.3, -0.25) is 18.7 Å². The largest absolute Gasteiger partial charge is 0.484 e. The highest BCUT2D eigenvalue weighted by Crippen LogP contribution is 2.36. The van der Waals surface area contributed by atoms with Gasteiger partial charge in [-0.1, -0.05) is 59.9 Å². The normalized spacial score (nSPS) is 22.3. The second-order valence-corrected chi connectivity index (χ2v) is 12.3. The van der Waals surface area contributed by atoms with E-state index >= 15 is 0 Å². The number of ether oxygens (including phenoxy) is 2. The number of carbonyl (C=O) groups excluding carboxylic acids is 3. The van der Waals surface area contributed by atoms with E-state index in [1.54, 1.807) is 41.8 Å². The Hall–Kier alpha value is -1.72. The van der Waals surface area contributed by atoms with Gasteiger partial charge in [0.2, 0.25) is 3.79 Å². The van der Waals surface area contributed by atoms with Crippen LogP contribution in [-0.2, 0) is 29.9 Å². The SMILES string of the molecule is CCSC=CC1=C(C(=O)OCC(Cl)(Cl)Cl)N2C(=O)C(NC(=O)COc3ccccc3)[C@H]2S(=O)C1. The molecule has 1 aromatic rings. The molecule has 0 saturated carbocycles. The molecule has 34 heavy (non-hydrogen) atoms. The van der Waals surface area contributed by atoms with Crippen molar-refractivity contribution in [3.05, 3.63) is 53.1 Å². The number of nitrogens with zero attached hydrogens (tertiary/aromatic N) is 1. The van der Waals surface area contributed by atoms with Gasteiger partial charge in [-0.2, -0.15) is 0 Å². The molecule has 3 atom stereocenters. The van der Waals surface area contributed by atoms with E-state index in [0.717, 1.165) is 10.7 Å². The van der Waals surface area contributed by atoms with Gasteiger partial charge in [0.15, 0.2) is 6.61 Å². The summed E-state index contributed by atoms with van der Waals surface area (Å²) in [6, 6.07) is 7.62. The molecule has 8 nitrogen and oxygen atoms in total. The van der Waals surface area contributed by atoms with Crippen molar-refractivity contribution in [2.45, 2.75) is 22.1 Å². The molecule has 13 heteroatoms. The third-order valence-electron chi connectivity index (χ3n) is 4.68. The van der Waals surface area contributed by atoms with Crippen molar-refractivity contribution in [2.75, 3.05) is 24.7 Å². The third-order valence-corrected chi connectivity index (χ3v) is 7.28. The second-order valence-electron chi connectivity index (χ2n) is 7.09. The fraction of sp³-hybridized carbons (Fsp3) is 0.381. The van der Waals surface area contributed by atoms with Crippen LogP contribution in [0.4, 0.5) is 0 Å². The van der Waals surface area contributed by atoms with Gasteiger partial charge in [0.25, 0.3) is 11.8 Å². The predicted molar refractivity (Wildman–Crippen MR) is 133 cm³/mol. The maximum atomic E-state index is 12.9. The first-order valence-electron chi connectivity index (χ1n) is 10.0. The summed E-state index contributed by atoms with van der Waals surface area (Å²) in [6.45, 7) is 1.08. The van der Waals surface area contributed by atoms with Crippen molar-refractivity contribution in [2.24, 2.45) is 0 Å². The number of hydrogen-bond donors (Lipinski definition) is 1. The zero-order valence-electron chi connectivity index (χ0n) is 17.9. The van der Waals surface area contributed by atoms with E-state index in [9.17, 15) is 18.6 Å². The molecule has 2 heterocycles. The number of para-hydroxylation sites is 1. The number of esters is 1. The third kappa shape index (κ3) is 6.69. The summed E-state index contributed by atoms with van der Waals surface area (Å²) in [7, 11) is -1.58. The number of carbonyl (C=O) groups is 3. The van der Waals surface area contributed by atoms with Gasteiger partial charge in [-0.25, -0.2) is 4.79 Å². The molecule has 2 unspecified atom stereocenters. The fourth-order valence-corrected chi connectivity index (χ4v) is 5.50. The van der Waals surface area contributed by atoms with Crippen molar-refractivity contribution in [3.63, 3.8) is 0 Å². The van der Waals surface area contributed by atoms with Crippen molar-refractivity contribution in [1.82, 2.24) is 10.2 Å². The van der Waals surface area contributed by atoms with Crippen LogP contribution in [0.25, 0.3) is 0 Å². The number of rotatable bonds is 9. The lowest BCUT2D eigenvalue weighted by Gasteiger charge is -2.49. The van der Waals surface area contributed by atoms with E-state index in [0.29, 0.717) is 11.3 Å². The monoisotopic (exact) mass is 566 g/mol. The standard InChI is InChI=1S/C21H21Cl3N2O6S2/c1-2-33-9-8-13-11-34(30)19-16(25-15(27)10-31-14-6-4-3-5-7-14)18(28)26(19)17(13)20(29)32-12-21(22,23)24/h3-9,16,19H,2,10-12H2,1H3,(H,25,27)/t16?,19-,34?/m1/s1. The summed E-state index contributed by atoms with van der Waals surface area (Å²) in [4.78, 5) is 39.2. The molecule has 1 fully saturated rings. The van der Waals surface area contributed by atoms with Gasteiger partial charge in [-0.15, -0.1) is 11.8 Å². The summed E-state index contributed by atoms with van der Waals surface area (Å²) < 4.78 is 21.6. The number of thioether (sulfide) groups is 1. The molecule has 2 aliphatic heterocycles. The molecular formula is C21H21Cl3N2O6S2. The lowest BCUT2D eigenvalue weighted by atomic mass is 10.0. The second kappa shape index (κ2) is 11.8. The molecule has 0 radical (unpaired) electrons. The first-order valence-corrected chi connectivity index (χ1v) is 13.6. The van der Waals surface area contributed by atoms with E-state index in [-0.39, 0.29) is 18.1 Å². The number of fused-ring (bicyclic) bond motifs is 1. The predicted octanol–water partition coefficient (Wildman–Crippen LogP) is 2.92. The molecule has 1 saturated heterocycles. The van der Waals surface area contributed by atoms with Gasteiger partial charge >= 0.3 is 5.97 Å². The highest BCUT2D eigenvalue weighted by Gasteiger charge is 2.57. The van der Waals surface area contributed by atoms with E-state index in [1.165, 1.54) is 11.8 Å². The average molecular weight is 568 g/mol. The van der Waals surface area contributed by atoms with Crippen LogP contribution < -0.4 is 10.1 Å². The molecule has 2 aliphatic rings. The Labute approximate surface area is 218 Å². The Morgan fingerprint density at radius 3 is 2.65 bits per heavy atom. The number of benzene rings is 1. The van der Waals surface area contributed by atoms with Crippen LogP contribution in [0.3, 0.4) is 0 Å². The lowest BCUT2D eigenvalue weighted by molar-refractivity contribution is -0.153. The minimum atomic E-state index is -1.84. The lowest BCUT2D eigenvalue weighted by Crippen LogP contribution is -2.73. The van der Waals surface area contributed by atoms with Crippen molar-refractivity contribution >= 4 is 75.1 Å². The van der Waals surface area contributed by atoms with Crippen LogP contribution in [0, 0.1) is 0 Å². The maximum Gasteiger partial charge on any atom is 0.355 e. The van der Waals surface area contributed by atoms with Crippen molar-refractivity contribution in [1.29, 1.82) is 0 Å². The van der Waals surface area contributed by atoms with Crippen LogP contribution in [0.2, 0.25) is 0 Å². The van der Waals surface area contributed by atoms with Crippen LogP contribution in [0.5, 0.6) is 5.75 Å². The van der Waals surface area contributed by atoms with Crippen LogP contribution in [0.15, 0.2) is 53.1 Å². The first-order chi connectivity index (χ1) is 16.1. The first kappa shape index (κ1) is 26.9. The summed E-state index contributed by atoms with van der Waals surface area (Å²) in [5.74, 6) is -0.789. The summed E-state index contributed by atoms with van der Waals surface area (Å²) in [6.07, 6.45) is 1.61. The van der Waals surface area contributed by atoms with Gasteiger partial charge in [-0.05, 0) is 34.9 Å². The number of alkyl halides is 3. The maximum absolute atomic E-state index is 12.9. The van der Waals surface area contributed by atoms with Crippen molar-refractivity contribution < 1.29 is 28.1 Å². The summed E-state index contributed by atoms with van der Waals surface area (Å²) >= 11 is 18.5. The van der Waals surface area contributed by atoms with Crippen LogP contribution in [0.1, 0.15) is 6.92 Å². The zero-order valence-corrected chi connectivity index (χ0v) is 21.8. The number of hydrogen-bond acceptors (Lipinski definition) is 7. The van der Waals surface area contributed by atoms with Crippen LogP contribution in [-0.4, -0.2) is 66.8 Å². The Kier molecular flexibility index (Phi) is 9.34. The van der Waals surface area contributed by atoms with Crippen molar-refractivity contribution in [3.8, 4) is 5.75 Å². The average Bonchev–Trinajstić information content (AvgIpc) is 2.79. The highest BCUT2D eigenvalue weighted by molar-refractivity contribution is 8.02. The van der Waals surface area contributed by atoms with E-state index in [2.05, 4.69) is 5.32 Å². The molecule has 1 aromatic carbocycles. The fourth-order valence-electron chi connectivity index (χ4n) is 3.25. The summed E-state index contributed by atoms with van der Waals surface area (Å²) in [5, 5.41) is 3.35. The number of amides is 2. The van der Waals surface area contributed by atoms with Crippen LogP contribution >= 0.6 is 46.6 Å². The molecular weight excluding hydrogens is 547 g/mol. The summed E-state index contributed by atoms with van der Waals surface area (Å²) in [5.41, 5.74) is 0.276. The minimum absolute atomic E-state index is 0.0136. The van der Waals surface area contributed by atoms with Gasteiger partial charge in [0.1, 0.15) is 29.5 Å². The Morgan fingerprint density at radius 2 is 2.00 bits per heavy atom. The Morgan fingerprint density at radius 1 is 1.29 bits per heavy atom.